The van der Waals surface area contributed by atoms with Crippen molar-refractivity contribution >= 4 is 23.2 Å². The fourth-order valence-corrected chi connectivity index (χ4v) is 4.83. The van der Waals surface area contributed by atoms with E-state index >= 15 is 0 Å². The van der Waals surface area contributed by atoms with Crippen LogP contribution in [0.25, 0.3) is 0 Å². The number of aliphatic hydroxyl groups is 1. The van der Waals surface area contributed by atoms with Crippen LogP contribution in [0.2, 0.25) is 0 Å². The second-order valence-electron chi connectivity index (χ2n) is 8.67. The molecule has 1 saturated heterocycles. The largest absolute Gasteiger partial charge is 0.465 e. The van der Waals surface area contributed by atoms with Gasteiger partial charge in [0.25, 0.3) is 0 Å². The van der Waals surface area contributed by atoms with Gasteiger partial charge in [0.05, 0.1) is 30.7 Å². The predicted octanol–water partition coefficient (Wildman–Crippen LogP) is 4.84. The minimum absolute atomic E-state index is 0.0457. The third-order valence-corrected chi connectivity index (χ3v) is 7.14. The smallest absolute Gasteiger partial charge is 0.348 e. The minimum Gasteiger partial charge on any atom is -0.465 e. The molecule has 0 spiro atoms. The molecule has 0 bridgehead atoms. The number of methoxy groups -OCH3 is 1. The molecule has 1 fully saturated rings. The van der Waals surface area contributed by atoms with Crippen LogP contribution in [0.1, 0.15) is 59.1 Å². The number of hydrogen-bond acceptors (Lipinski definition) is 5. The van der Waals surface area contributed by atoms with Gasteiger partial charge in [-0.2, -0.15) is 0 Å². The number of benzene rings is 1. The summed E-state index contributed by atoms with van der Waals surface area (Å²) < 4.78 is 4.71. The summed E-state index contributed by atoms with van der Waals surface area (Å²) in [4.78, 5) is 26.9. The number of rotatable bonds is 10. The maximum Gasteiger partial charge on any atom is 0.348 e. The van der Waals surface area contributed by atoms with Gasteiger partial charge in [0.2, 0.25) is 5.91 Å². The standard InChI is InChI=1S/C28H33NO4S/c1-21(9-6-7-12-22-10-4-3-5-11-22)25(30)17-14-23-15-19-27(31)29(23)20-8-13-24-16-18-26(34-24)28(32)33-2/h3-5,10-11,14,16-18,21,23,25,30H,6-7,9,12,15,19-20H2,1-2H3/t21-,23-,25+/m0/s1. The molecule has 1 amide bonds. The molecule has 1 N–H and O–H groups in total. The summed E-state index contributed by atoms with van der Waals surface area (Å²) in [5.41, 5.74) is 1.35. The van der Waals surface area contributed by atoms with E-state index in [1.165, 1.54) is 24.0 Å². The lowest BCUT2D eigenvalue weighted by atomic mass is 9.95. The summed E-state index contributed by atoms with van der Waals surface area (Å²) in [5, 5.41) is 10.6. The van der Waals surface area contributed by atoms with Crippen molar-refractivity contribution in [1.82, 2.24) is 4.90 Å². The Hall–Kier alpha value is -2.88. The molecule has 1 aliphatic rings. The number of aliphatic hydroxyl groups excluding tert-OH is 1. The second-order valence-corrected chi connectivity index (χ2v) is 9.75. The van der Waals surface area contributed by atoms with E-state index in [0.29, 0.717) is 17.8 Å². The number of aryl methyl sites for hydroxylation is 1. The number of unbranched alkanes of at least 4 members (excludes halogenated alkanes) is 1. The van der Waals surface area contributed by atoms with Crippen molar-refractivity contribution in [1.29, 1.82) is 0 Å². The molecule has 0 radical (unpaired) electrons. The number of carbonyl (C=O) groups is 2. The molecule has 6 heteroatoms. The summed E-state index contributed by atoms with van der Waals surface area (Å²) >= 11 is 1.28. The fraction of sp³-hybridized carbons (Fsp3) is 0.429. The lowest BCUT2D eigenvalue weighted by molar-refractivity contribution is -0.127. The Bertz CT molecular complexity index is 1030. The van der Waals surface area contributed by atoms with Crippen molar-refractivity contribution in [3.05, 3.63) is 69.9 Å². The molecule has 2 aromatic rings. The van der Waals surface area contributed by atoms with E-state index in [-0.39, 0.29) is 23.8 Å². The number of thiophene rings is 1. The van der Waals surface area contributed by atoms with Crippen LogP contribution in [0.4, 0.5) is 0 Å². The van der Waals surface area contributed by atoms with Gasteiger partial charge in [-0.1, -0.05) is 67.7 Å². The molecular formula is C28H33NO4S. The molecular weight excluding hydrogens is 446 g/mol. The van der Waals surface area contributed by atoms with Gasteiger partial charge < -0.3 is 14.7 Å². The maximum absolute atomic E-state index is 12.3. The first-order chi connectivity index (χ1) is 16.5. The Morgan fingerprint density at radius 1 is 1.26 bits per heavy atom. The van der Waals surface area contributed by atoms with Crippen molar-refractivity contribution in [3.8, 4) is 11.8 Å². The number of nitrogens with zero attached hydrogens (tertiary/aromatic N) is 1. The first-order valence-corrected chi connectivity index (χ1v) is 12.7. The van der Waals surface area contributed by atoms with Crippen LogP contribution >= 0.6 is 11.3 Å². The van der Waals surface area contributed by atoms with E-state index in [1.807, 2.05) is 18.2 Å². The van der Waals surface area contributed by atoms with E-state index in [1.54, 1.807) is 17.0 Å². The lowest BCUT2D eigenvalue weighted by Gasteiger charge is -2.21. The number of hydrogen-bond donors (Lipinski definition) is 1. The van der Waals surface area contributed by atoms with Crippen molar-refractivity contribution in [2.24, 2.45) is 5.92 Å². The molecule has 0 saturated carbocycles. The lowest BCUT2D eigenvalue weighted by Crippen LogP contribution is -2.32. The molecule has 1 aliphatic heterocycles. The molecule has 5 nitrogen and oxygen atoms in total. The van der Waals surface area contributed by atoms with Gasteiger partial charge in [-0.3, -0.25) is 4.79 Å². The normalized spacial score (nSPS) is 17.4. The van der Waals surface area contributed by atoms with E-state index in [4.69, 9.17) is 4.74 Å². The maximum atomic E-state index is 12.3. The van der Waals surface area contributed by atoms with Crippen LogP contribution in [-0.4, -0.2) is 47.7 Å². The molecule has 180 valence electrons. The molecule has 0 aliphatic carbocycles. The summed E-state index contributed by atoms with van der Waals surface area (Å²) in [6, 6.07) is 13.9. The van der Waals surface area contributed by atoms with Crippen LogP contribution in [0.15, 0.2) is 54.6 Å². The van der Waals surface area contributed by atoms with Crippen LogP contribution in [0, 0.1) is 17.8 Å². The third kappa shape index (κ3) is 7.58. The fourth-order valence-electron chi connectivity index (χ4n) is 4.03. The molecule has 0 unspecified atom stereocenters. The quantitative estimate of drug-likeness (QED) is 0.229. The highest BCUT2D eigenvalue weighted by Crippen LogP contribution is 2.22. The summed E-state index contributed by atoms with van der Waals surface area (Å²) in [6.07, 6.45) is 8.72. The van der Waals surface area contributed by atoms with E-state index in [0.717, 1.165) is 37.0 Å². The number of amides is 1. The van der Waals surface area contributed by atoms with Gasteiger partial charge in [0, 0.05) is 6.42 Å². The predicted molar refractivity (Wildman–Crippen MR) is 136 cm³/mol. The second kappa shape index (κ2) is 13.1. The van der Waals surface area contributed by atoms with Crippen LogP contribution < -0.4 is 0 Å². The van der Waals surface area contributed by atoms with Gasteiger partial charge in [-0.15, -0.1) is 11.3 Å². The van der Waals surface area contributed by atoms with Crippen molar-refractivity contribution in [3.63, 3.8) is 0 Å². The van der Waals surface area contributed by atoms with Gasteiger partial charge in [0.15, 0.2) is 0 Å². The monoisotopic (exact) mass is 479 g/mol. The van der Waals surface area contributed by atoms with Crippen molar-refractivity contribution in [2.75, 3.05) is 13.7 Å². The zero-order valence-electron chi connectivity index (χ0n) is 19.9. The number of esters is 1. The minimum atomic E-state index is -0.525. The van der Waals surface area contributed by atoms with Gasteiger partial charge in [0.1, 0.15) is 4.88 Å². The first kappa shape index (κ1) is 25.7. The van der Waals surface area contributed by atoms with Crippen LogP contribution in [0.5, 0.6) is 0 Å². The Labute approximate surface area is 206 Å². The Morgan fingerprint density at radius 2 is 2.06 bits per heavy atom. The SMILES string of the molecule is COC(=O)c1ccc(C#CCN2C(=O)CC[C@@H]2C=C[C@@H](O)[C@@H](C)CCCCc2ccccc2)s1. The third-order valence-electron chi connectivity index (χ3n) is 6.16. The van der Waals surface area contributed by atoms with E-state index in [2.05, 4.69) is 43.0 Å². The molecule has 34 heavy (non-hydrogen) atoms. The Balaban J connectivity index is 1.45. The van der Waals surface area contributed by atoms with Crippen LogP contribution in [0.3, 0.4) is 0 Å². The zero-order valence-corrected chi connectivity index (χ0v) is 20.7. The average molecular weight is 480 g/mol. The Morgan fingerprint density at radius 3 is 2.82 bits per heavy atom. The van der Waals surface area contributed by atoms with Crippen molar-refractivity contribution < 1.29 is 19.4 Å². The highest BCUT2D eigenvalue weighted by atomic mass is 32.1. The Kier molecular flexibility index (Phi) is 9.93. The van der Waals surface area contributed by atoms with E-state index < -0.39 is 6.10 Å². The molecule has 3 atom stereocenters. The summed E-state index contributed by atoms with van der Waals surface area (Å²) in [5.74, 6) is 5.95. The van der Waals surface area contributed by atoms with Gasteiger partial charge in [-0.05, 0) is 49.3 Å². The van der Waals surface area contributed by atoms with E-state index in [9.17, 15) is 14.7 Å². The highest BCUT2D eigenvalue weighted by molar-refractivity contribution is 7.14. The number of carbonyl (C=O) groups excluding carboxylic acids is 2. The molecule has 1 aromatic carbocycles. The highest BCUT2D eigenvalue weighted by Gasteiger charge is 2.28. The molecule has 1 aromatic heterocycles. The van der Waals surface area contributed by atoms with Crippen molar-refractivity contribution in [2.45, 2.75) is 57.6 Å². The van der Waals surface area contributed by atoms with Crippen LogP contribution in [-0.2, 0) is 16.0 Å². The van der Waals surface area contributed by atoms with Gasteiger partial charge >= 0.3 is 5.97 Å². The average Bonchev–Trinajstić information content (AvgIpc) is 3.47. The topological polar surface area (TPSA) is 66.8 Å². The molecule has 2 heterocycles. The summed E-state index contributed by atoms with van der Waals surface area (Å²) in [6.45, 7) is 2.40. The first-order valence-electron chi connectivity index (χ1n) is 11.8. The number of likely N-dealkylation sites (tertiary alicyclic amines) is 1. The molecule has 3 rings (SSSR count). The number of ether oxygens (including phenoxy) is 1. The summed E-state index contributed by atoms with van der Waals surface area (Å²) in [7, 11) is 1.35. The zero-order chi connectivity index (χ0) is 24.3. The van der Waals surface area contributed by atoms with Gasteiger partial charge in [-0.25, -0.2) is 4.79 Å².